The van der Waals surface area contributed by atoms with Gasteiger partial charge in [-0.1, -0.05) is 11.6 Å². The van der Waals surface area contributed by atoms with Crippen LogP contribution in [0.25, 0.3) is 28.1 Å². The lowest BCUT2D eigenvalue weighted by molar-refractivity contribution is -0.00608. The molecule has 0 unspecified atom stereocenters. The van der Waals surface area contributed by atoms with Crippen LogP contribution in [-0.4, -0.2) is 81.3 Å². The van der Waals surface area contributed by atoms with Crippen LogP contribution < -0.4 is 4.74 Å². The van der Waals surface area contributed by atoms with E-state index in [1.165, 1.54) is 7.11 Å². The van der Waals surface area contributed by atoms with Crippen LogP contribution in [0.5, 0.6) is 5.75 Å². The number of aryl methyl sites for hydroxylation is 1. The molecule has 1 fully saturated rings. The van der Waals surface area contributed by atoms with Gasteiger partial charge in [-0.15, -0.1) is 10.2 Å². The molecule has 180 valence electrons. The van der Waals surface area contributed by atoms with E-state index in [1.54, 1.807) is 48.1 Å². The summed E-state index contributed by atoms with van der Waals surface area (Å²) < 4.78 is 35.2. The van der Waals surface area contributed by atoms with Crippen LogP contribution in [0.1, 0.15) is 11.9 Å². The van der Waals surface area contributed by atoms with Gasteiger partial charge >= 0.3 is 0 Å². The maximum absolute atomic E-state index is 15.4. The van der Waals surface area contributed by atoms with E-state index in [-0.39, 0.29) is 16.8 Å². The summed E-state index contributed by atoms with van der Waals surface area (Å²) in [6.45, 7) is 3.28. The van der Waals surface area contributed by atoms with Crippen molar-refractivity contribution in [3.63, 3.8) is 0 Å². The minimum absolute atomic E-state index is 0.0786. The van der Waals surface area contributed by atoms with Crippen LogP contribution in [0, 0.1) is 5.82 Å². The van der Waals surface area contributed by atoms with Crippen molar-refractivity contribution in [3.8, 4) is 23.0 Å². The molecule has 0 aliphatic carbocycles. The quantitative estimate of drug-likeness (QED) is 0.426. The number of aromatic amines is 1. The number of rotatable bonds is 7. The van der Waals surface area contributed by atoms with Crippen molar-refractivity contribution in [2.24, 2.45) is 7.05 Å². The van der Waals surface area contributed by atoms with Gasteiger partial charge in [-0.2, -0.15) is 0 Å². The molecule has 0 saturated carbocycles. The molecule has 1 saturated heterocycles. The molecule has 0 spiro atoms. The highest BCUT2D eigenvalue weighted by atomic mass is 35.5. The molecule has 0 amide bonds. The number of hydrogen-bond donors (Lipinski definition) is 1. The second-order valence-corrected chi connectivity index (χ2v) is 8.39. The molecular formula is C22H25ClFN7O3. The number of halogens is 2. The number of H-pyrrole nitrogens is 1. The van der Waals surface area contributed by atoms with Gasteiger partial charge in [0.15, 0.2) is 17.5 Å². The molecule has 1 atom stereocenters. The fraction of sp³-hybridized carbons (Fsp3) is 0.409. The zero-order valence-electron chi connectivity index (χ0n) is 19.1. The average molecular weight is 490 g/mol. The van der Waals surface area contributed by atoms with Crippen LogP contribution in [0.2, 0.25) is 5.02 Å². The Morgan fingerprint density at radius 1 is 1.26 bits per heavy atom. The Labute approximate surface area is 200 Å². The third-order valence-electron chi connectivity index (χ3n) is 6.14. The van der Waals surface area contributed by atoms with Gasteiger partial charge in [0.25, 0.3) is 0 Å². The predicted molar refractivity (Wildman–Crippen MR) is 124 cm³/mol. The van der Waals surface area contributed by atoms with Crippen LogP contribution in [0.15, 0.2) is 24.8 Å². The third kappa shape index (κ3) is 3.74. The number of ether oxygens (including phenoxy) is 3. The molecule has 1 aliphatic heterocycles. The maximum Gasteiger partial charge on any atom is 0.180 e. The fourth-order valence-electron chi connectivity index (χ4n) is 4.51. The van der Waals surface area contributed by atoms with Crippen molar-refractivity contribution in [1.82, 2.24) is 34.2 Å². The first kappa shape index (κ1) is 22.8. The first-order chi connectivity index (χ1) is 16.5. The second kappa shape index (κ2) is 9.34. The largest absolute Gasteiger partial charge is 0.495 e. The van der Waals surface area contributed by atoms with Crippen molar-refractivity contribution in [2.45, 2.75) is 6.04 Å². The van der Waals surface area contributed by atoms with Crippen LogP contribution in [0.4, 0.5) is 4.39 Å². The standard InChI is InChI=1S/C22H25ClFN7O3/c1-29-18-13(10-15(33-3)16(23)17(18)24)19(31-5-4-25-12-31)20(29)22-26-21(27-28-22)14(11-32-2)30-6-8-34-9-7-30/h4-5,10,12,14H,6-9,11H2,1-3H3,(H,26,27,28)/t14-/m0/s1. The van der Waals surface area contributed by atoms with Crippen molar-refractivity contribution in [1.29, 1.82) is 0 Å². The van der Waals surface area contributed by atoms with E-state index in [4.69, 9.17) is 25.8 Å². The molecule has 1 aromatic carbocycles. The molecule has 34 heavy (non-hydrogen) atoms. The van der Waals surface area contributed by atoms with Gasteiger partial charge in [-0.05, 0) is 6.07 Å². The summed E-state index contributed by atoms with van der Waals surface area (Å²) >= 11 is 6.25. The highest BCUT2D eigenvalue weighted by Crippen LogP contribution is 2.41. The highest BCUT2D eigenvalue weighted by molar-refractivity contribution is 6.33. The minimum Gasteiger partial charge on any atom is -0.495 e. The van der Waals surface area contributed by atoms with Crippen LogP contribution >= 0.6 is 11.6 Å². The number of aromatic nitrogens is 6. The Balaban J connectivity index is 1.69. The number of nitrogens with one attached hydrogen (secondary N) is 1. The first-order valence-corrected chi connectivity index (χ1v) is 11.2. The van der Waals surface area contributed by atoms with Crippen molar-refractivity contribution < 1.29 is 18.6 Å². The van der Waals surface area contributed by atoms with E-state index in [0.717, 1.165) is 13.1 Å². The van der Waals surface area contributed by atoms with Gasteiger partial charge in [0.05, 0.1) is 50.5 Å². The first-order valence-electron chi connectivity index (χ1n) is 10.8. The lowest BCUT2D eigenvalue weighted by Gasteiger charge is -2.32. The number of nitrogens with zero attached hydrogens (tertiary/aromatic N) is 6. The number of methoxy groups -OCH3 is 2. The summed E-state index contributed by atoms with van der Waals surface area (Å²) in [7, 11) is 4.88. The van der Waals surface area contributed by atoms with Gasteiger partial charge in [-0.25, -0.2) is 9.37 Å². The second-order valence-electron chi connectivity index (χ2n) is 8.01. The number of imidazole rings is 1. The Morgan fingerprint density at radius 2 is 2.06 bits per heavy atom. The predicted octanol–water partition coefficient (Wildman–Crippen LogP) is 2.97. The van der Waals surface area contributed by atoms with Crippen molar-refractivity contribution in [3.05, 3.63) is 41.5 Å². The minimum atomic E-state index is -0.573. The number of benzene rings is 1. The number of fused-ring (bicyclic) bond motifs is 1. The fourth-order valence-corrected chi connectivity index (χ4v) is 4.73. The summed E-state index contributed by atoms with van der Waals surface area (Å²) in [5.74, 6) is 0.824. The topological polar surface area (TPSA) is 95.2 Å². The molecule has 12 heteroatoms. The van der Waals surface area contributed by atoms with E-state index in [0.29, 0.717) is 53.8 Å². The van der Waals surface area contributed by atoms with Crippen molar-refractivity contribution in [2.75, 3.05) is 47.1 Å². The summed E-state index contributed by atoms with van der Waals surface area (Å²) in [6, 6.07) is 1.60. The molecular weight excluding hydrogens is 465 g/mol. The van der Waals surface area contributed by atoms with Gasteiger partial charge in [0.2, 0.25) is 0 Å². The zero-order valence-corrected chi connectivity index (χ0v) is 19.8. The monoisotopic (exact) mass is 489 g/mol. The SMILES string of the molecule is COC[C@@H](c1nnc(-c2c(-n3ccnc3)c3cc(OC)c(Cl)c(F)c3n2C)[nH]1)N1CCOCC1. The molecule has 1 aliphatic rings. The molecule has 3 aromatic heterocycles. The highest BCUT2D eigenvalue weighted by Gasteiger charge is 2.29. The molecule has 0 radical (unpaired) electrons. The lowest BCUT2D eigenvalue weighted by Crippen LogP contribution is -2.41. The van der Waals surface area contributed by atoms with Gasteiger partial charge in [-0.3, -0.25) is 4.90 Å². The smallest absolute Gasteiger partial charge is 0.180 e. The average Bonchev–Trinajstić information content (AvgIpc) is 3.60. The van der Waals surface area contributed by atoms with Crippen LogP contribution in [-0.2, 0) is 16.5 Å². The van der Waals surface area contributed by atoms with E-state index >= 15 is 4.39 Å². The van der Waals surface area contributed by atoms with E-state index in [2.05, 4.69) is 25.1 Å². The Bertz CT molecular complexity index is 1300. The van der Waals surface area contributed by atoms with Gasteiger partial charge in [0.1, 0.15) is 16.5 Å². The molecule has 4 aromatic rings. The molecule has 1 N–H and O–H groups in total. The molecule has 4 heterocycles. The van der Waals surface area contributed by atoms with E-state index in [1.807, 2.05) is 0 Å². The molecule has 10 nitrogen and oxygen atoms in total. The summed E-state index contributed by atoms with van der Waals surface area (Å²) in [4.78, 5) is 9.77. The number of hydrogen-bond acceptors (Lipinski definition) is 7. The maximum atomic E-state index is 15.4. The van der Waals surface area contributed by atoms with E-state index in [9.17, 15) is 0 Å². The zero-order chi connectivity index (χ0) is 23.8. The Kier molecular flexibility index (Phi) is 6.26. The normalized spacial score (nSPS) is 15.8. The van der Waals surface area contributed by atoms with Crippen LogP contribution in [0.3, 0.4) is 0 Å². The van der Waals surface area contributed by atoms with E-state index < -0.39 is 5.82 Å². The number of morpholine rings is 1. The summed E-state index contributed by atoms with van der Waals surface area (Å²) in [6.07, 6.45) is 5.09. The lowest BCUT2D eigenvalue weighted by atomic mass is 10.2. The molecule has 5 rings (SSSR count). The summed E-state index contributed by atoms with van der Waals surface area (Å²) in [5, 5.41) is 9.42. The summed E-state index contributed by atoms with van der Waals surface area (Å²) in [5.41, 5.74) is 1.64. The third-order valence-corrected chi connectivity index (χ3v) is 6.49. The van der Waals surface area contributed by atoms with Crippen molar-refractivity contribution >= 4 is 22.5 Å². The molecule has 0 bridgehead atoms. The Hall–Kier alpha value is -2.99. The Morgan fingerprint density at radius 3 is 2.74 bits per heavy atom. The van der Waals surface area contributed by atoms with Gasteiger partial charge in [0, 0.05) is 45.0 Å². The van der Waals surface area contributed by atoms with Gasteiger partial charge < -0.3 is 28.3 Å².